The van der Waals surface area contributed by atoms with Crippen LogP contribution in [0.4, 0.5) is 0 Å². The predicted octanol–water partition coefficient (Wildman–Crippen LogP) is 4.78. The summed E-state index contributed by atoms with van der Waals surface area (Å²) in [5.41, 5.74) is 1.40. The zero-order valence-corrected chi connectivity index (χ0v) is 12.7. The van der Waals surface area contributed by atoms with Crippen LogP contribution in [-0.4, -0.2) is 11.1 Å². The molecule has 110 valence electrons. The molecule has 1 unspecified atom stereocenters. The molecule has 0 aliphatic rings. The Morgan fingerprint density at radius 1 is 1.24 bits per heavy atom. The van der Waals surface area contributed by atoms with Crippen LogP contribution in [0.1, 0.15) is 42.1 Å². The van der Waals surface area contributed by atoms with Crippen LogP contribution in [0.25, 0.3) is 0 Å². The first-order valence-corrected chi connectivity index (χ1v) is 7.19. The number of esters is 1. The van der Waals surface area contributed by atoms with Gasteiger partial charge in [0, 0.05) is 5.02 Å². The van der Waals surface area contributed by atoms with Crippen LogP contribution in [0.5, 0.6) is 11.5 Å². The Balaban J connectivity index is 2.22. The lowest BCUT2D eigenvalue weighted by molar-refractivity contribution is 0.0729. The van der Waals surface area contributed by atoms with E-state index >= 15 is 0 Å². The second-order valence-electron chi connectivity index (χ2n) is 4.93. The van der Waals surface area contributed by atoms with E-state index in [-0.39, 0.29) is 11.5 Å². The largest absolute Gasteiger partial charge is 0.504 e. The molecule has 3 nitrogen and oxygen atoms in total. The monoisotopic (exact) mass is 304 g/mol. The number of phenols is 1. The molecule has 0 amide bonds. The first kappa shape index (κ1) is 15.4. The van der Waals surface area contributed by atoms with Crippen molar-refractivity contribution in [2.45, 2.75) is 26.2 Å². The zero-order chi connectivity index (χ0) is 15.4. The van der Waals surface area contributed by atoms with Crippen molar-refractivity contribution in [3.8, 4) is 11.5 Å². The average molecular weight is 305 g/mol. The number of halogens is 1. The van der Waals surface area contributed by atoms with Crippen LogP contribution in [0, 0.1) is 0 Å². The van der Waals surface area contributed by atoms with E-state index in [1.807, 2.05) is 6.07 Å². The van der Waals surface area contributed by atoms with E-state index in [1.165, 1.54) is 0 Å². The minimum atomic E-state index is -0.525. The molecule has 0 radical (unpaired) electrons. The molecule has 2 aromatic carbocycles. The van der Waals surface area contributed by atoms with Crippen molar-refractivity contribution in [1.82, 2.24) is 0 Å². The number of hydrogen-bond donors (Lipinski definition) is 1. The Labute approximate surface area is 129 Å². The van der Waals surface area contributed by atoms with Gasteiger partial charge in [0.2, 0.25) is 0 Å². The standard InChI is InChI=1S/C17H17ClO3/c1-3-11(2)13-6-9-15(19)16(10-13)21-17(20)12-4-7-14(18)8-5-12/h4-11,19H,3H2,1-2H3. The maximum absolute atomic E-state index is 12.1. The summed E-state index contributed by atoms with van der Waals surface area (Å²) >= 11 is 5.78. The van der Waals surface area contributed by atoms with Gasteiger partial charge in [-0.2, -0.15) is 0 Å². The third-order valence-corrected chi connectivity index (χ3v) is 3.70. The van der Waals surface area contributed by atoms with Gasteiger partial charge in [-0.1, -0.05) is 31.5 Å². The van der Waals surface area contributed by atoms with E-state index in [4.69, 9.17) is 16.3 Å². The van der Waals surface area contributed by atoms with Crippen LogP contribution in [0.3, 0.4) is 0 Å². The van der Waals surface area contributed by atoms with Crippen molar-refractivity contribution >= 4 is 17.6 Å². The van der Waals surface area contributed by atoms with Crippen molar-refractivity contribution in [2.24, 2.45) is 0 Å². The van der Waals surface area contributed by atoms with Crippen LogP contribution < -0.4 is 4.74 Å². The predicted molar refractivity (Wildman–Crippen MR) is 83.2 cm³/mol. The minimum Gasteiger partial charge on any atom is -0.504 e. The molecule has 2 aromatic rings. The van der Waals surface area contributed by atoms with Gasteiger partial charge >= 0.3 is 5.97 Å². The molecule has 0 saturated carbocycles. The lowest BCUT2D eigenvalue weighted by Crippen LogP contribution is -2.08. The molecule has 0 bridgehead atoms. The first-order chi connectivity index (χ1) is 10.0. The van der Waals surface area contributed by atoms with Gasteiger partial charge < -0.3 is 9.84 Å². The molecule has 0 aliphatic heterocycles. The molecular formula is C17H17ClO3. The number of carbonyl (C=O) groups is 1. The highest BCUT2D eigenvalue weighted by molar-refractivity contribution is 6.30. The highest BCUT2D eigenvalue weighted by atomic mass is 35.5. The van der Waals surface area contributed by atoms with Gasteiger partial charge in [0.15, 0.2) is 11.5 Å². The summed E-state index contributed by atoms with van der Waals surface area (Å²) in [6.45, 7) is 4.16. The molecule has 0 saturated heterocycles. The van der Waals surface area contributed by atoms with Gasteiger partial charge in [-0.25, -0.2) is 4.79 Å². The topological polar surface area (TPSA) is 46.5 Å². The number of carbonyl (C=O) groups excluding carboxylic acids is 1. The molecule has 21 heavy (non-hydrogen) atoms. The van der Waals surface area contributed by atoms with Gasteiger partial charge in [0.1, 0.15) is 0 Å². The molecule has 1 N–H and O–H groups in total. The minimum absolute atomic E-state index is 0.0515. The lowest BCUT2D eigenvalue weighted by atomic mass is 9.98. The molecule has 0 aliphatic carbocycles. The van der Waals surface area contributed by atoms with Crippen molar-refractivity contribution in [3.05, 3.63) is 58.6 Å². The van der Waals surface area contributed by atoms with Crippen LogP contribution in [0.2, 0.25) is 5.02 Å². The second-order valence-corrected chi connectivity index (χ2v) is 5.37. The Hall–Kier alpha value is -2.00. The third-order valence-electron chi connectivity index (χ3n) is 3.45. The summed E-state index contributed by atoms with van der Waals surface area (Å²) in [4.78, 5) is 12.1. The van der Waals surface area contributed by atoms with E-state index in [9.17, 15) is 9.90 Å². The maximum atomic E-state index is 12.1. The normalized spacial score (nSPS) is 12.0. The summed E-state index contributed by atoms with van der Waals surface area (Å²) in [6.07, 6.45) is 0.968. The number of benzene rings is 2. The zero-order valence-electron chi connectivity index (χ0n) is 12.0. The number of aromatic hydroxyl groups is 1. The van der Waals surface area contributed by atoms with Gasteiger partial charge in [-0.3, -0.25) is 0 Å². The summed E-state index contributed by atoms with van der Waals surface area (Å²) in [5, 5.41) is 10.4. The summed E-state index contributed by atoms with van der Waals surface area (Å²) < 4.78 is 5.27. The van der Waals surface area contributed by atoms with E-state index in [0.717, 1.165) is 12.0 Å². The van der Waals surface area contributed by atoms with E-state index in [1.54, 1.807) is 36.4 Å². The molecule has 0 fully saturated rings. The number of hydrogen-bond acceptors (Lipinski definition) is 3. The molecule has 4 heteroatoms. The SMILES string of the molecule is CCC(C)c1ccc(O)c(OC(=O)c2ccc(Cl)cc2)c1. The highest BCUT2D eigenvalue weighted by Crippen LogP contribution is 2.31. The van der Waals surface area contributed by atoms with E-state index in [2.05, 4.69) is 13.8 Å². The van der Waals surface area contributed by atoms with E-state index < -0.39 is 5.97 Å². The molecule has 0 spiro atoms. The molecule has 0 heterocycles. The fourth-order valence-electron chi connectivity index (χ4n) is 1.90. The molecule has 0 aromatic heterocycles. The summed E-state index contributed by atoms with van der Waals surface area (Å²) in [6, 6.07) is 11.5. The number of phenolic OH excluding ortho intramolecular Hbond substituents is 1. The maximum Gasteiger partial charge on any atom is 0.343 e. The molecular weight excluding hydrogens is 288 g/mol. The molecule has 2 rings (SSSR count). The first-order valence-electron chi connectivity index (χ1n) is 6.82. The van der Waals surface area contributed by atoms with Crippen molar-refractivity contribution < 1.29 is 14.6 Å². The van der Waals surface area contributed by atoms with Gasteiger partial charge in [0.25, 0.3) is 0 Å². The fourth-order valence-corrected chi connectivity index (χ4v) is 2.03. The Bertz CT molecular complexity index is 635. The Morgan fingerprint density at radius 2 is 1.90 bits per heavy atom. The van der Waals surface area contributed by atoms with Crippen molar-refractivity contribution in [3.63, 3.8) is 0 Å². The van der Waals surface area contributed by atoms with Gasteiger partial charge in [-0.15, -0.1) is 0 Å². The van der Waals surface area contributed by atoms with Crippen LogP contribution >= 0.6 is 11.6 Å². The van der Waals surface area contributed by atoms with Crippen LogP contribution in [-0.2, 0) is 0 Å². The smallest absolute Gasteiger partial charge is 0.343 e. The van der Waals surface area contributed by atoms with E-state index in [0.29, 0.717) is 16.5 Å². The summed E-state index contributed by atoms with van der Waals surface area (Å²) in [7, 11) is 0. The quantitative estimate of drug-likeness (QED) is 0.653. The van der Waals surface area contributed by atoms with Gasteiger partial charge in [-0.05, 0) is 54.3 Å². The summed E-state index contributed by atoms with van der Waals surface area (Å²) in [5.74, 6) is -0.0704. The second kappa shape index (κ2) is 6.64. The Morgan fingerprint density at radius 3 is 2.52 bits per heavy atom. The fraction of sp³-hybridized carbons (Fsp3) is 0.235. The van der Waals surface area contributed by atoms with Gasteiger partial charge in [0.05, 0.1) is 5.56 Å². The molecule has 1 atom stereocenters. The average Bonchev–Trinajstić information content (AvgIpc) is 2.49. The Kier molecular flexibility index (Phi) is 4.86. The van der Waals surface area contributed by atoms with Crippen molar-refractivity contribution in [1.29, 1.82) is 0 Å². The van der Waals surface area contributed by atoms with Crippen LogP contribution in [0.15, 0.2) is 42.5 Å². The lowest BCUT2D eigenvalue weighted by Gasteiger charge is -2.12. The number of rotatable bonds is 4. The van der Waals surface area contributed by atoms with Crippen molar-refractivity contribution in [2.75, 3.05) is 0 Å². The number of ether oxygens (including phenoxy) is 1. The third kappa shape index (κ3) is 3.76. The highest BCUT2D eigenvalue weighted by Gasteiger charge is 2.13.